The number of nitrogens with zero attached hydrogens (tertiary/aromatic N) is 1. The fourth-order valence-electron chi connectivity index (χ4n) is 1.79. The molecule has 0 radical (unpaired) electrons. The molecule has 0 aromatic heterocycles. The van der Waals surface area contributed by atoms with Crippen molar-refractivity contribution in [1.29, 1.82) is 0 Å². The van der Waals surface area contributed by atoms with Crippen molar-refractivity contribution in [1.82, 2.24) is 5.32 Å². The SMILES string of the molecule is Cc1ccc(C)c(N2CC(=O)NCC2=O)c1. The second kappa shape index (κ2) is 3.96. The zero-order valence-electron chi connectivity index (χ0n) is 9.41. The molecule has 0 bridgehead atoms. The Hall–Kier alpha value is -1.84. The fraction of sp³-hybridized carbons (Fsp3) is 0.333. The second-order valence-electron chi connectivity index (χ2n) is 4.05. The van der Waals surface area contributed by atoms with Crippen LogP contribution in [0, 0.1) is 13.8 Å². The molecule has 1 aliphatic heterocycles. The van der Waals surface area contributed by atoms with Gasteiger partial charge in [0.2, 0.25) is 11.8 Å². The number of amides is 2. The smallest absolute Gasteiger partial charge is 0.246 e. The van der Waals surface area contributed by atoms with Crippen LogP contribution >= 0.6 is 0 Å². The highest BCUT2D eigenvalue weighted by molar-refractivity contribution is 6.04. The van der Waals surface area contributed by atoms with Crippen molar-refractivity contribution in [2.24, 2.45) is 0 Å². The molecule has 1 aromatic rings. The van der Waals surface area contributed by atoms with Crippen LogP contribution in [0.1, 0.15) is 11.1 Å². The number of carbonyl (C=O) groups is 2. The van der Waals surface area contributed by atoms with Crippen molar-refractivity contribution in [3.05, 3.63) is 29.3 Å². The van der Waals surface area contributed by atoms with Gasteiger partial charge in [-0.1, -0.05) is 12.1 Å². The Morgan fingerprint density at radius 1 is 1.25 bits per heavy atom. The van der Waals surface area contributed by atoms with E-state index in [2.05, 4.69) is 5.32 Å². The van der Waals surface area contributed by atoms with Crippen LogP contribution in [0.5, 0.6) is 0 Å². The van der Waals surface area contributed by atoms with Crippen LogP contribution in [-0.4, -0.2) is 24.9 Å². The maximum Gasteiger partial charge on any atom is 0.246 e. The normalized spacial score (nSPS) is 16.2. The molecule has 2 amide bonds. The number of hydrogen-bond acceptors (Lipinski definition) is 2. The third-order valence-corrected chi connectivity index (χ3v) is 2.69. The van der Waals surface area contributed by atoms with E-state index >= 15 is 0 Å². The minimum Gasteiger partial charge on any atom is -0.345 e. The summed E-state index contributed by atoms with van der Waals surface area (Å²) in [5, 5.41) is 2.54. The second-order valence-corrected chi connectivity index (χ2v) is 4.05. The zero-order chi connectivity index (χ0) is 11.7. The van der Waals surface area contributed by atoms with Gasteiger partial charge in [-0.05, 0) is 31.0 Å². The van der Waals surface area contributed by atoms with Crippen molar-refractivity contribution in [2.45, 2.75) is 13.8 Å². The predicted molar refractivity (Wildman–Crippen MR) is 61.3 cm³/mol. The van der Waals surface area contributed by atoms with Crippen molar-refractivity contribution in [3.8, 4) is 0 Å². The van der Waals surface area contributed by atoms with E-state index in [1.807, 2.05) is 32.0 Å². The molecule has 4 nitrogen and oxygen atoms in total. The van der Waals surface area contributed by atoms with Gasteiger partial charge in [-0.3, -0.25) is 9.59 Å². The van der Waals surface area contributed by atoms with Gasteiger partial charge >= 0.3 is 0 Å². The van der Waals surface area contributed by atoms with E-state index in [4.69, 9.17) is 0 Å². The summed E-state index contributed by atoms with van der Waals surface area (Å²) in [5.41, 5.74) is 2.92. The molecule has 1 N–H and O–H groups in total. The lowest BCUT2D eigenvalue weighted by Crippen LogP contribution is -2.51. The lowest BCUT2D eigenvalue weighted by molar-refractivity contribution is -0.128. The van der Waals surface area contributed by atoms with Gasteiger partial charge in [0.1, 0.15) is 6.54 Å². The largest absolute Gasteiger partial charge is 0.345 e. The van der Waals surface area contributed by atoms with Gasteiger partial charge in [0.25, 0.3) is 0 Å². The number of carbonyl (C=O) groups excluding carboxylic acids is 2. The van der Waals surface area contributed by atoms with Gasteiger partial charge in [0.15, 0.2) is 0 Å². The Bertz CT molecular complexity index is 454. The lowest BCUT2D eigenvalue weighted by atomic mass is 10.1. The summed E-state index contributed by atoms with van der Waals surface area (Å²) >= 11 is 0. The molecule has 0 aliphatic carbocycles. The molecule has 4 heteroatoms. The van der Waals surface area contributed by atoms with Crippen molar-refractivity contribution in [2.75, 3.05) is 18.0 Å². The minimum atomic E-state index is -0.111. The number of piperazine rings is 1. The van der Waals surface area contributed by atoms with E-state index < -0.39 is 0 Å². The highest BCUT2D eigenvalue weighted by atomic mass is 16.2. The standard InChI is InChI=1S/C12H14N2O2/c1-8-3-4-9(2)10(5-8)14-7-11(15)13-6-12(14)16/h3-5H,6-7H2,1-2H3,(H,13,15). The Labute approximate surface area is 94.2 Å². The summed E-state index contributed by atoms with van der Waals surface area (Å²) in [6.07, 6.45) is 0. The summed E-state index contributed by atoms with van der Waals surface area (Å²) < 4.78 is 0. The van der Waals surface area contributed by atoms with Crippen LogP contribution in [0.3, 0.4) is 0 Å². The topological polar surface area (TPSA) is 49.4 Å². The van der Waals surface area contributed by atoms with E-state index in [-0.39, 0.29) is 24.9 Å². The molecular weight excluding hydrogens is 204 g/mol. The van der Waals surface area contributed by atoms with Gasteiger partial charge < -0.3 is 10.2 Å². The molecule has 0 saturated carbocycles. The van der Waals surface area contributed by atoms with E-state index in [9.17, 15) is 9.59 Å². The van der Waals surface area contributed by atoms with Crippen LogP contribution in [0.25, 0.3) is 0 Å². The molecule has 0 unspecified atom stereocenters. The molecule has 84 valence electrons. The summed E-state index contributed by atoms with van der Waals surface area (Å²) in [5.74, 6) is -0.172. The zero-order valence-corrected chi connectivity index (χ0v) is 9.41. The molecule has 0 spiro atoms. The molecule has 0 atom stereocenters. The summed E-state index contributed by atoms with van der Waals surface area (Å²) in [7, 11) is 0. The first-order valence-corrected chi connectivity index (χ1v) is 5.22. The van der Waals surface area contributed by atoms with Crippen LogP contribution in [0.4, 0.5) is 5.69 Å². The Morgan fingerprint density at radius 2 is 2.00 bits per heavy atom. The number of anilines is 1. The first-order chi connectivity index (χ1) is 7.58. The number of aryl methyl sites for hydroxylation is 2. The molecular formula is C12H14N2O2. The summed E-state index contributed by atoms with van der Waals surface area (Å²) in [6.45, 7) is 4.11. The van der Waals surface area contributed by atoms with Crippen LogP contribution in [-0.2, 0) is 9.59 Å². The lowest BCUT2D eigenvalue weighted by Gasteiger charge is -2.28. The number of nitrogens with one attached hydrogen (secondary N) is 1. The van der Waals surface area contributed by atoms with Crippen LogP contribution in [0.15, 0.2) is 18.2 Å². The van der Waals surface area contributed by atoms with Crippen molar-refractivity contribution < 1.29 is 9.59 Å². The highest BCUT2D eigenvalue weighted by Crippen LogP contribution is 2.22. The van der Waals surface area contributed by atoms with Gasteiger partial charge in [0.05, 0.1) is 6.54 Å². The van der Waals surface area contributed by atoms with Gasteiger partial charge in [-0.25, -0.2) is 0 Å². The summed E-state index contributed by atoms with van der Waals surface area (Å²) in [4.78, 5) is 24.5. The maximum absolute atomic E-state index is 11.7. The molecule has 1 fully saturated rings. The number of hydrogen-bond donors (Lipinski definition) is 1. The van der Waals surface area contributed by atoms with Crippen LogP contribution < -0.4 is 10.2 Å². The molecule has 1 aromatic carbocycles. The monoisotopic (exact) mass is 218 g/mol. The Balaban J connectivity index is 2.38. The van der Waals surface area contributed by atoms with E-state index in [1.165, 1.54) is 0 Å². The molecule has 1 saturated heterocycles. The first kappa shape index (κ1) is 10.7. The molecule has 16 heavy (non-hydrogen) atoms. The third kappa shape index (κ3) is 1.91. The quantitative estimate of drug-likeness (QED) is 0.756. The Morgan fingerprint density at radius 3 is 2.75 bits per heavy atom. The van der Waals surface area contributed by atoms with E-state index in [1.54, 1.807) is 4.90 Å². The number of benzene rings is 1. The van der Waals surface area contributed by atoms with Gasteiger partial charge in [0, 0.05) is 5.69 Å². The van der Waals surface area contributed by atoms with Crippen molar-refractivity contribution in [3.63, 3.8) is 0 Å². The average molecular weight is 218 g/mol. The number of rotatable bonds is 1. The van der Waals surface area contributed by atoms with Crippen LogP contribution in [0.2, 0.25) is 0 Å². The summed E-state index contributed by atoms with van der Waals surface area (Å²) in [6, 6.07) is 5.89. The maximum atomic E-state index is 11.7. The van der Waals surface area contributed by atoms with E-state index in [0.29, 0.717) is 0 Å². The van der Waals surface area contributed by atoms with Crippen molar-refractivity contribution >= 4 is 17.5 Å². The predicted octanol–water partition coefficient (Wildman–Crippen LogP) is 0.766. The fourth-order valence-corrected chi connectivity index (χ4v) is 1.79. The van der Waals surface area contributed by atoms with Gasteiger partial charge in [-0.2, -0.15) is 0 Å². The first-order valence-electron chi connectivity index (χ1n) is 5.22. The highest BCUT2D eigenvalue weighted by Gasteiger charge is 2.25. The average Bonchev–Trinajstić information content (AvgIpc) is 2.25. The molecule has 1 aliphatic rings. The molecule has 2 rings (SSSR count). The Kier molecular flexibility index (Phi) is 2.64. The molecule has 1 heterocycles. The van der Waals surface area contributed by atoms with Gasteiger partial charge in [-0.15, -0.1) is 0 Å². The third-order valence-electron chi connectivity index (χ3n) is 2.69. The van der Waals surface area contributed by atoms with E-state index in [0.717, 1.165) is 16.8 Å². The minimum absolute atomic E-state index is 0.0618.